The summed E-state index contributed by atoms with van der Waals surface area (Å²) in [5.74, 6) is -1.81. The van der Waals surface area contributed by atoms with Gasteiger partial charge in [-0.1, -0.05) is 0 Å². The van der Waals surface area contributed by atoms with Gasteiger partial charge >= 0.3 is 6.09 Å². The Kier molecular flexibility index (Phi) is 5.91. The summed E-state index contributed by atoms with van der Waals surface area (Å²) in [6, 6.07) is 7.77. The van der Waals surface area contributed by atoms with Crippen LogP contribution in [0.15, 0.2) is 36.4 Å². The first-order valence-corrected chi connectivity index (χ1v) is 10.1. The number of nitrogens with one attached hydrogen (secondary N) is 2. The Morgan fingerprint density at radius 2 is 1.87 bits per heavy atom. The zero-order valence-electron chi connectivity index (χ0n) is 17.2. The molecule has 3 aromatic rings. The molecule has 5 nitrogen and oxygen atoms in total. The van der Waals surface area contributed by atoms with E-state index in [0.717, 1.165) is 11.6 Å². The third-order valence-electron chi connectivity index (χ3n) is 5.56. The fraction of sp³-hybridized carbons (Fsp3) is 0.348. The van der Waals surface area contributed by atoms with Crippen molar-refractivity contribution in [2.24, 2.45) is 0 Å². The Morgan fingerprint density at radius 3 is 2.55 bits per heavy atom. The highest BCUT2D eigenvalue weighted by Gasteiger charge is 2.37. The number of methoxy groups -OCH3 is 1. The summed E-state index contributed by atoms with van der Waals surface area (Å²) in [6.07, 6.45) is 0.212. The van der Waals surface area contributed by atoms with Crippen LogP contribution in [0.5, 0.6) is 0 Å². The third kappa shape index (κ3) is 4.39. The maximum absolute atomic E-state index is 14.4. The summed E-state index contributed by atoms with van der Waals surface area (Å²) in [5.41, 5.74) is 2.23. The predicted molar refractivity (Wildman–Crippen MR) is 110 cm³/mol. The first-order chi connectivity index (χ1) is 14.9. The zero-order valence-corrected chi connectivity index (χ0v) is 17.2. The quantitative estimate of drug-likeness (QED) is 0.559. The van der Waals surface area contributed by atoms with Crippen LogP contribution < -0.4 is 5.32 Å². The molecule has 31 heavy (non-hydrogen) atoms. The van der Waals surface area contributed by atoms with Gasteiger partial charge in [-0.25, -0.2) is 18.0 Å². The van der Waals surface area contributed by atoms with Crippen LogP contribution in [0.4, 0.5) is 18.0 Å². The molecule has 164 valence electrons. The lowest BCUT2D eigenvalue weighted by Gasteiger charge is -2.35. The van der Waals surface area contributed by atoms with E-state index in [1.54, 1.807) is 26.2 Å². The monoisotopic (exact) mass is 432 g/mol. The number of rotatable bonds is 6. The van der Waals surface area contributed by atoms with Crippen molar-refractivity contribution >= 4 is 17.0 Å². The van der Waals surface area contributed by atoms with Gasteiger partial charge in [0.1, 0.15) is 23.6 Å². The van der Waals surface area contributed by atoms with E-state index in [1.165, 1.54) is 18.2 Å². The van der Waals surface area contributed by atoms with Gasteiger partial charge < -0.3 is 19.8 Å². The zero-order chi connectivity index (χ0) is 22.1. The standard InChI is InChI=1S/C23H23F3N2O3/c1-12(11-30-2)27-23(29)31-17-7-14(8-17)20-18-9-16(25)10-19(26)22(18)28-21(20)13-3-5-15(24)6-4-13/h3-6,9-10,12,14,17,28H,7-8,11H2,1-2H3,(H,27,29). The highest BCUT2D eigenvalue weighted by molar-refractivity contribution is 5.92. The highest BCUT2D eigenvalue weighted by atomic mass is 19.1. The summed E-state index contributed by atoms with van der Waals surface area (Å²) in [7, 11) is 1.55. The van der Waals surface area contributed by atoms with Gasteiger partial charge in [-0.05, 0) is 67.1 Å². The lowest BCUT2D eigenvalue weighted by atomic mass is 9.75. The van der Waals surface area contributed by atoms with Crippen molar-refractivity contribution in [2.75, 3.05) is 13.7 Å². The molecular weight excluding hydrogens is 409 g/mol. The van der Waals surface area contributed by atoms with Gasteiger partial charge in [0.25, 0.3) is 0 Å². The van der Waals surface area contributed by atoms with Crippen LogP contribution in [0.25, 0.3) is 22.2 Å². The lowest BCUT2D eigenvalue weighted by molar-refractivity contribution is 0.0361. The van der Waals surface area contributed by atoms with E-state index in [-0.39, 0.29) is 29.4 Å². The Balaban J connectivity index is 1.58. The van der Waals surface area contributed by atoms with Crippen molar-refractivity contribution in [3.8, 4) is 11.3 Å². The number of ether oxygens (including phenoxy) is 2. The summed E-state index contributed by atoms with van der Waals surface area (Å²) < 4.78 is 52.2. The average Bonchev–Trinajstić information content (AvgIpc) is 3.04. The van der Waals surface area contributed by atoms with E-state index in [2.05, 4.69) is 10.3 Å². The number of hydrogen-bond donors (Lipinski definition) is 2. The van der Waals surface area contributed by atoms with Crippen molar-refractivity contribution < 1.29 is 27.4 Å². The summed E-state index contributed by atoms with van der Waals surface area (Å²) in [6.45, 7) is 2.17. The van der Waals surface area contributed by atoms with Crippen LogP contribution in [-0.2, 0) is 9.47 Å². The van der Waals surface area contributed by atoms with E-state index in [9.17, 15) is 18.0 Å². The predicted octanol–water partition coefficient (Wildman–Crippen LogP) is 5.26. The SMILES string of the molecule is COCC(C)NC(=O)OC1CC(c2c(-c3ccc(F)cc3)[nH]c3c(F)cc(F)cc23)C1. The second-order valence-electron chi connectivity index (χ2n) is 7.93. The maximum Gasteiger partial charge on any atom is 0.407 e. The van der Waals surface area contributed by atoms with Gasteiger partial charge in [-0.15, -0.1) is 0 Å². The van der Waals surface area contributed by atoms with Crippen molar-refractivity contribution in [1.29, 1.82) is 0 Å². The Morgan fingerprint density at radius 1 is 1.16 bits per heavy atom. The number of alkyl carbamates (subject to hydrolysis) is 1. The number of carbonyl (C=O) groups is 1. The molecule has 1 aromatic heterocycles. The largest absolute Gasteiger partial charge is 0.446 e. The van der Waals surface area contributed by atoms with E-state index < -0.39 is 17.7 Å². The molecule has 1 saturated carbocycles. The Labute approximate surface area is 177 Å². The molecule has 1 fully saturated rings. The van der Waals surface area contributed by atoms with Crippen LogP contribution in [0.3, 0.4) is 0 Å². The number of hydrogen-bond acceptors (Lipinski definition) is 3. The minimum absolute atomic E-state index is 0.0656. The molecule has 1 aliphatic carbocycles. The molecule has 4 rings (SSSR count). The minimum Gasteiger partial charge on any atom is -0.446 e. The van der Waals surface area contributed by atoms with Crippen molar-refractivity contribution in [1.82, 2.24) is 10.3 Å². The average molecular weight is 432 g/mol. The van der Waals surface area contributed by atoms with Crippen LogP contribution in [0, 0.1) is 17.5 Å². The van der Waals surface area contributed by atoms with E-state index in [4.69, 9.17) is 9.47 Å². The first kappa shape index (κ1) is 21.2. The van der Waals surface area contributed by atoms with Crippen LogP contribution in [0.2, 0.25) is 0 Å². The molecule has 8 heteroatoms. The molecule has 1 aliphatic rings. The highest BCUT2D eigenvalue weighted by Crippen LogP contribution is 2.46. The van der Waals surface area contributed by atoms with Gasteiger partial charge in [0.15, 0.2) is 0 Å². The number of aromatic amines is 1. The number of H-pyrrole nitrogens is 1. The summed E-state index contributed by atoms with van der Waals surface area (Å²) >= 11 is 0. The number of benzene rings is 2. The van der Waals surface area contributed by atoms with Gasteiger partial charge in [-0.3, -0.25) is 0 Å². The van der Waals surface area contributed by atoms with E-state index in [0.29, 0.717) is 36.1 Å². The first-order valence-electron chi connectivity index (χ1n) is 10.1. The fourth-order valence-electron chi connectivity index (χ4n) is 4.08. The molecule has 1 unspecified atom stereocenters. The van der Waals surface area contributed by atoms with Crippen LogP contribution in [-0.4, -0.2) is 36.9 Å². The molecule has 2 aromatic carbocycles. The fourth-order valence-corrected chi connectivity index (χ4v) is 4.08. The molecule has 0 radical (unpaired) electrons. The molecule has 0 aliphatic heterocycles. The van der Waals surface area contributed by atoms with Crippen LogP contribution >= 0.6 is 0 Å². The molecule has 1 atom stereocenters. The van der Waals surface area contributed by atoms with Crippen molar-refractivity contribution in [3.05, 3.63) is 59.4 Å². The number of halogens is 3. The second-order valence-corrected chi connectivity index (χ2v) is 7.93. The van der Waals surface area contributed by atoms with E-state index >= 15 is 0 Å². The van der Waals surface area contributed by atoms with Gasteiger partial charge in [0.05, 0.1) is 23.9 Å². The number of carbonyl (C=O) groups excluding carboxylic acids is 1. The Bertz CT molecular complexity index is 1090. The number of amides is 1. The molecular formula is C23H23F3N2O3. The smallest absolute Gasteiger partial charge is 0.407 e. The van der Waals surface area contributed by atoms with Gasteiger partial charge in [-0.2, -0.15) is 0 Å². The topological polar surface area (TPSA) is 63.4 Å². The molecule has 0 spiro atoms. The van der Waals surface area contributed by atoms with Crippen LogP contribution in [0.1, 0.15) is 31.2 Å². The minimum atomic E-state index is -0.691. The number of aromatic nitrogens is 1. The molecule has 2 N–H and O–H groups in total. The van der Waals surface area contributed by atoms with Gasteiger partial charge in [0, 0.05) is 18.6 Å². The van der Waals surface area contributed by atoms with E-state index in [1.807, 2.05) is 0 Å². The number of fused-ring (bicyclic) bond motifs is 1. The molecule has 1 heterocycles. The normalized spacial score (nSPS) is 19.1. The van der Waals surface area contributed by atoms with Crippen molar-refractivity contribution in [2.45, 2.75) is 37.8 Å². The lowest BCUT2D eigenvalue weighted by Crippen LogP contribution is -2.40. The third-order valence-corrected chi connectivity index (χ3v) is 5.56. The summed E-state index contributed by atoms with van der Waals surface area (Å²) in [4.78, 5) is 15.1. The van der Waals surface area contributed by atoms with Gasteiger partial charge in [0.2, 0.25) is 0 Å². The maximum atomic E-state index is 14.4. The van der Waals surface area contributed by atoms with Crippen molar-refractivity contribution in [3.63, 3.8) is 0 Å². The second kappa shape index (κ2) is 8.63. The molecule has 0 bridgehead atoms. The summed E-state index contributed by atoms with van der Waals surface area (Å²) in [5, 5.41) is 3.13. The molecule has 0 saturated heterocycles. The Hall–Kier alpha value is -3.00. The molecule has 1 amide bonds.